The minimum atomic E-state index is 0.369. The molecule has 1 N–H and O–H groups in total. The summed E-state index contributed by atoms with van der Waals surface area (Å²) in [4.78, 5) is 2.70. The maximum absolute atomic E-state index is 3.57. The molecule has 2 heteroatoms. The van der Waals surface area contributed by atoms with E-state index in [9.17, 15) is 0 Å². The molecule has 0 saturated heterocycles. The molecule has 0 aromatic rings. The fraction of sp³-hybridized carbons (Fsp3) is 1.00. The van der Waals surface area contributed by atoms with E-state index in [0.717, 1.165) is 12.6 Å². The van der Waals surface area contributed by atoms with E-state index < -0.39 is 0 Å². The standard InChI is InChI=1S/C14H30N2/c1-6-10-16(13-8-9-13)11-14(4,5)12(3)15-7-2/h12-13,15H,6-11H2,1-5H3. The van der Waals surface area contributed by atoms with Crippen molar-refractivity contribution >= 4 is 0 Å². The van der Waals surface area contributed by atoms with Crippen molar-refractivity contribution < 1.29 is 0 Å². The number of hydrogen-bond acceptors (Lipinski definition) is 2. The Morgan fingerprint density at radius 2 is 1.94 bits per heavy atom. The summed E-state index contributed by atoms with van der Waals surface area (Å²) in [6.45, 7) is 15.2. The van der Waals surface area contributed by atoms with Crippen LogP contribution in [0.15, 0.2) is 0 Å². The highest BCUT2D eigenvalue weighted by atomic mass is 15.2. The minimum absolute atomic E-state index is 0.369. The van der Waals surface area contributed by atoms with E-state index in [2.05, 4.69) is 44.8 Å². The third-order valence-corrected chi connectivity index (χ3v) is 3.87. The van der Waals surface area contributed by atoms with Gasteiger partial charge in [0.2, 0.25) is 0 Å². The zero-order valence-electron chi connectivity index (χ0n) is 11.8. The molecule has 0 aromatic carbocycles. The van der Waals surface area contributed by atoms with Crippen molar-refractivity contribution in [2.75, 3.05) is 19.6 Å². The van der Waals surface area contributed by atoms with Gasteiger partial charge in [-0.1, -0.05) is 27.7 Å². The first kappa shape index (κ1) is 14.0. The zero-order chi connectivity index (χ0) is 12.2. The summed E-state index contributed by atoms with van der Waals surface area (Å²) in [6, 6.07) is 1.49. The Morgan fingerprint density at radius 1 is 1.31 bits per heavy atom. The summed E-state index contributed by atoms with van der Waals surface area (Å²) in [5.41, 5.74) is 0.369. The topological polar surface area (TPSA) is 15.3 Å². The Morgan fingerprint density at radius 3 is 2.38 bits per heavy atom. The molecule has 0 spiro atoms. The van der Waals surface area contributed by atoms with Gasteiger partial charge in [-0.25, -0.2) is 0 Å². The quantitative estimate of drug-likeness (QED) is 0.684. The number of nitrogens with one attached hydrogen (secondary N) is 1. The zero-order valence-corrected chi connectivity index (χ0v) is 11.8. The third kappa shape index (κ3) is 4.06. The predicted molar refractivity (Wildman–Crippen MR) is 71.8 cm³/mol. The fourth-order valence-electron chi connectivity index (χ4n) is 2.36. The highest BCUT2D eigenvalue weighted by Gasteiger charge is 2.34. The van der Waals surface area contributed by atoms with Gasteiger partial charge in [-0.05, 0) is 44.7 Å². The molecule has 16 heavy (non-hydrogen) atoms. The lowest BCUT2D eigenvalue weighted by atomic mass is 9.84. The Labute approximate surface area is 102 Å². The van der Waals surface area contributed by atoms with Gasteiger partial charge in [-0.2, -0.15) is 0 Å². The molecule has 2 nitrogen and oxygen atoms in total. The summed E-state index contributed by atoms with van der Waals surface area (Å²) >= 11 is 0. The summed E-state index contributed by atoms with van der Waals surface area (Å²) in [5.74, 6) is 0. The summed E-state index contributed by atoms with van der Waals surface area (Å²) in [7, 11) is 0. The van der Waals surface area contributed by atoms with Crippen molar-refractivity contribution in [2.24, 2.45) is 5.41 Å². The van der Waals surface area contributed by atoms with Crippen LogP contribution in [0.2, 0.25) is 0 Å². The van der Waals surface area contributed by atoms with Gasteiger partial charge in [0.1, 0.15) is 0 Å². The SMILES string of the molecule is CCCN(CC(C)(C)C(C)NCC)C1CC1. The smallest absolute Gasteiger partial charge is 0.0102 e. The molecule has 1 unspecified atom stereocenters. The summed E-state index contributed by atoms with van der Waals surface area (Å²) in [5, 5.41) is 3.57. The van der Waals surface area contributed by atoms with E-state index in [0.29, 0.717) is 11.5 Å². The second-order valence-electron chi connectivity index (χ2n) is 5.97. The first-order valence-electron chi connectivity index (χ1n) is 6.98. The van der Waals surface area contributed by atoms with E-state index in [-0.39, 0.29) is 0 Å². The first-order valence-corrected chi connectivity index (χ1v) is 6.98. The van der Waals surface area contributed by atoms with Crippen LogP contribution in [0, 0.1) is 5.41 Å². The van der Waals surface area contributed by atoms with Gasteiger partial charge in [-0.15, -0.1) is 0 Å². The molecule has 1 aliphatic carbocycles. The predicted octanol–water partition coefficient (Wildman–Crippen LogP) is 2.89. The second-order valence-corrected chi connectivity index (χ2v) is 5.97. The van der Waals surface area contributed by atoms with Gasteiger partial charge >= 0.3 is 0 Å². The van der Waals surface area contributed by atoms with Crippen LogP contribution in [-0.2, 0) is 0 Å². The molecule has 0 radical (unpaired) electrons. The van der Waals surface area contributed by atoms with Crippen LogP contribution in [0.1, 0.15) is 53.9 Å². The van der Waals surface area contributed by atoms with Crippen molar-refractivity contribution in [2.45, 2.75) is 66.0 Å². The van der Waals surface area contributed by atoms with E-state index in [1.54, 1.807) is 0 Å². The molecular weight excluding hydrogens is 196 g/mol. The Kier molecular flexibility index (Phi) is 5.26. The van der Waals surface area contributed by atoms with E-state index >= 15 is 0 Å². The van der Waals surface area contributed by atoms with Gasteiger partial charge in [0.25, 0.3) is 0 Å². The lowest BCUT2D eigenvalue weighted by Gasteiger charge is -2.37. The molecule has 1 aliphatic rings. The molecule has 1 fully saturated rings. The highest BCUT2D eigenvalue weighted by Crippen LogP contribution is 2.31. The molecule has 1 rings (SSSR count). The van der Waals surface area contributed by atoms with Crippen molar-refractivity contribution in [3.63, 3.8) is 0 Å². The fourth-order valence-corrected chi connectivity index (χ4v) is 2.36. The Balaban J connectivity index is 2.47. The van der Waals surface area contributed by atoms with Gasteiger partial charge in [0.15, 0.2) is 0 Å². The number of hydrogen-bond donors (Lipinski definition) is 1. The molecule has 0 amide bonds. The molecule has 0 aromatic heterocycles. The molecular formula is C14H30N2. The maximum atomic E-state index is 3.57. The average molecular weight is 226 g/mol. The van der Waals surface area contributed by atoms with Crippen molar-refractivity contribution in [1.29, 1.82) is 0 Å². The van der Waals surface area contributed by atoms with Crippen LogP contribution in [0.4, 0.5) is 0 Å². The third-order valence-electron chi connectivity index (χ3n) is 3.87. The van der Waals surface area contributed by atoms with Gasteiger partial charge < -0.3 is 5.32 Å². The van der Waals surface area contributed by atoms with E-state index in [1.807, 2.05) is 0 Å². The summed E-state index contributed by atoms with van der Waals surface area (Å²) in [6.07, 6.45) is 4.12. The van der Waals surface area contributed by atoms with Crippen LogP contribution in [0.25, 0.3) is 0 Å². The molecule has 1 saturated carbocycles. The Bertz CT molecular complexity index is 197. The number of rotatable bonds is 8. The van der Waals surface area contributed by atoms with E-state index in [4.69, 9.17) is 0 Å². The number of nitrogens with zero attached hydrogens (tertiary/aromatic N) is 1. The minimum Gasteiger partial charge on any atom is -0.314 e. The molecule has 96 valence electrons. The van der Waals surface area contributed by atoms with Crippen LogP contribution in [-0.4, -0.2) is 36.6 Å². The molecule has 0 heterocycles. The van der Waals surface area contributed by atoms with Crippen LogP contribution < -0.4 is 5.32 Å². The van der Waals surface area contributed by atoms with Gasteiger partial charge in [-0.3, -0.25) is 4.90 Å². The Hall–Kier alpha value is -0.0800. The van der Waals surface area contributed by atoms with Crippen molar-refractivity contribution in [1.82, 2.24) is 10.2 Å². The largest absolute Gasteiger partial charge is 0.314 e. The van der Waals surface area contributed by atoms with E-state index in [1.165, 1.54) is 32.4 Å². The normalized spacial score (nSPS) is 19.1. The highest BCUT2D eigenvalue weighted by molar-refractivity contribution is 4.90. The van der Waals surface area contributed by atoms with Crippen molar-refractivity contribution in [3.8, 4) is 0 Å². The first-order chi connectivity index (χ1) is 7.51. The lowest BCUT2D eigenvalue weighted by molar-refractivity contribution is 0.137. The van der Waals surface area contributed by atoms with Crippen LogP contribution in [0.3, 0.4) is 0 Å². The second kappa shape index (κ2) is 6.02. The summed E-state index contributed by atoms with van der Waals surface area (Å²) < 4.78 is 0. The van der Waals surface area contributed by atoms with Gasteiger partial charge in [0.05, 0.1) is 0 Å². The maximum Gasteiger partial charge on any atom is 0.0102 e. The lowest BCUT2D eigenvalue weighted by Crippen LogP contribution is -2.47. The molecule has 0 bridgehead atoms. The van der Waals surface area contributed by atoms with Crippen molar-refractivity contribution in [3.05, 3.63) is 0 Å². The van der Waals surface area contributed by atoms with Crippen LogP contribution >= 0.6 is 0 Å². The molecule has 0 aliphatic heterocycles. The van der Waals surface area contributed by atoms with Crippen LogP contribution in [0.5, 0.6) is 0 Å². The average Bonchev–Trinajstić information content (AvgIpc) is 3.00. The van der Waals surface area contributed by atoms with Gasteiger partial charge in [0, 0.05) is 18.6 Å². The monoisotopic (exact) mass is 226 g/mol. The molecule has 1 atom stereocenters.